The molecule has 0 fully saturated rings. The van der Waals surface area contributed by atoms with Gasteiger partial charge in [-0.15, -0.1) is 11.6 Å². The molecule has 0 saturated carbocycles. The van der Waals surface area contributed by atoms with Crippen molar-refractivity contribution in [3.63, 3.8) is 0 Å². The zero-order valence-electron chi connectivity index (χ0n) is 7.17. The molecule has 0 bridgehead atoms. The Kier molecular flexibility index (Phi) is 2.78. The standard InChI is InChI=1S/C9H10ClNO2/c1-5-2-8(12)7(11)3-6(5)9(13)4-10/h2-3,12H,4,11H2,1H3. The fraction of sp³-hybridized carbons (Fsp3) is 0.222. The molecule has 0 aliphatic rings. The number of carbonyl (C=O) groups excluding carboxylic acids is 1. The minimum absolute atomic E-state index is 0.0105. The van der Waals surface area contributed by atoms with Crippen molar-refractivity contribution in [3.05, 3.63) is 23.3 Å². The summed E-state index contributed by atoms with van der Waals surface area (Å²) in [5, 5.41) is 9.21. The Hall–Kier alpha value is -1.22. The van der Waals surface area contributed by atoms with Gasteiger partial charge in [0.05, 0.1) is 11.6 Å². The third-order valence-corrected chi connectivity index (χ3v) is 2.04. The Morgan fingerprint density at radius 3 is 2.77 bits per heavy atom. The van der Waals surface area contributed by atoms with E-state index in [1.54, 1.807) is 6.92 Å². The van der Waals surface area contributed by atoms with Gasteiger partial charge >= 0.3 is 0 Å². The van der Waals surface area contributed by atoms with E-state index >= 15 is 0 Å². The summed E-state index contributed by atoms with van der Waals surface area (Å²) >= 11 is 5.40. The number of hydrogen-bond acceptors (Lipinski definition) is 3. The van der Waals surface area contributed by atoms with Crippen molar-refractivity contribution in [2.24, 2.45) is 0 Å². The van der Waals surface area contributed by atoms with Gasteiger partial charge in [0, 0.05) is 5.56 Å². The van der Waals surface area contributed by atoms with Crippen LogP contribution in [0.25, 0.3) is 0 Å². The minimum atomic E-state index is -0.189. The van der Waals surface area contributed by atoms with Crippen molar-refractivity contribution in [2.45, 2.75) is 6.92 Å². The normalized spacial score (nSPS) is 10.0. The molecule has 4 heteroatoms. The number of benzene rings is 1. The summed E-state index contributed by atoms with van der Waals surface area (Å²) in [7, 11) is 0. The molecular weight excluding hydrogens is 190 g/mol. The molecule has 0 amide bonds. The van der Waals surface area contributed by atoms with E-state index in [0.29, 0.717) is 11.1 Å². The molecule has 0 heterocycles. The van der Waals surface area contributed by atoms with Crippen molar-refractivity contribution >= 4 is 23.1 Å². The van der Waals surface area contributed by atoms with Crippen LogP contribution >= 0.6 is 11.6 Å². The summed E-state index contributed by atoms with van der Waals surface area (Å²) in [5.74, 6) is -0.278. The summed E-state index contributed by atoms with van der Waals surface area (Å²) in [6.45, 7) is 1.72. The number of phenolic OH excluding ortho intramolecular Hbond substituents is 1. The van der Waals surface area contributed by atoms with Gasteiger partial charge in [-0.2, -0.15) is 0 Å². The number of aryl methyl sites for hydroxylation is 1. The van der Waals surface area contributed by atoms with Crippen LogP contribution in [0.3, 0.4) is 0 Å². The number of ketones is 1. The lowest BCUT2D eigenvalue weighted by Crippen LogP contribution is -2.04. The smallest absolute Gasteiger partial charge is 0.177 e. The van der Waals surface area contributed by atoms with Gasteiger partial charge < -0.3 is 10.8 Å². The van der Waals surface area contributed by atoms with Crippen LogP contribution in [-0.4, -0.2) is 16.8 Å². The lowest BCUT2D eigenvalue weighted by Gasteiger charge is -2.05. The van der Waals surface area contributed by atoms with E-state index in [9.17, 15) is 9.90 Å². The first kappa shape index (κ1) is 9.86. The minimum Gasteiger partial charge on any atom is -0.506 e. The topological polar surface area (TPSA) is 63.3 Å². The van der Waals surface area contributed by atoms with Crippen molar-refractivity contribution in [3.8, 4) is 5.75 Å². The van der Waals surface area contributed by atoms with Crippen LogP contribution in [0.1, 0.15) is 15.9 Å². The Balaban J connectivity index is 3.23. The molecule has 70 valence electrons. The molecule has 1 rings (SSSR count). The van der Waals surface area contributed by atoms with Crippen LogP contribution in [-0.2, 0) is 0 Å². The van der Waals surface area contributed by atoms with Gasteiger partial charge in [-0.1, -0.05) is 0 Å². The highest BCUT2D eigenvalue weighted by molar-refractivity contribution is 6.30. The second-order valence-electron chi connectivity index (χ2n) is 2.78. The Morgan fingerprint density at radius 2 is 2.23 bits per heavy atom. The van der Waals surface area contributed by atoms with Gasteiger partial charge in [-0.3, -0.25) is 4.79 Å². The maximum absolute atomic E-state index is 11.2. The van der Waals surface area contributed by atoms with E-state index in [1.165, 1.54) is 12.1 Å². The van der Waals surface area contributed by atoms with Gasteiger partial charge in [0.15, 0.2) is 5.78 Å². The molecule has 0 aromatic heterocycles. The molecule has 3 nitrogen and oxygen atoms in total. The molecule has 13 heavy (non-hydrogen) atoms. The van der Waals surface area contributed by atoms with E-state index in [-0.39, 0.29) is 23.1 Å². The number of alkyl halides is 1. The Bertz CT molecular complexity index is 350. The van der Waals surface area contributed by atoms with E-state index in [1.807, 2.05) is 0 Å². The summed E-state index contributed by atoms with van der Waals surface area (Å²) in [6.07, 6.45) is 0. The summed E-state index contributed by atoms with van der Waals surface area (Å²) in [6, 6.07) is 2.89. The first-order chi connectivity index (χ1) is 6.06. The second kappa shape index (κ2) is 3.66. The molecule has 0 unspecified atom stereocenters. The fourth-order valence-corrected chi connectivity index (χ4v) is 1.23. The van der Waals surface area contributed by atoms with Crippen LogP contribution in [0.15, 0.2) is 12.1 Å². The van der Waals surface area contributed by atoms with Crippen LogP contribution < -0.4 is 5.73 Å². The van der Waals surface area contributed by atoms with Crippen molar-refractivity contribution < 1.29 is 9.90 Å². The van der Waals surface area contributed by atoms with Crippen molar-refractivity contribution in [2.75, 3.05) is 11.6 Å². The average Bonchev–Trinajstić information content (AvgIpc) is 2.10. The number of halogens is 1. The quantitative estimate of drug-likeness (QED) is 0.330. The van der Waals surface area contributed by atoms with Crippen LogP contribution in [0.4, 0.5) is 5.69 Å². The highest BCUT2D eigenvalue weighted by atomic mass is 35.5. The number of hydrogen-bond donors (Lipinski definition) is 2. The summed E-state index contributed by atoms with van der Waals surface area (Å²) in [4.78, 5) is 11.2. The maximum Gasteiger partial charge on any atom is 0.177 e. The van der Waals surface area contributed by atoms with Crippen LogP contribution in [0, 0.1) is 6.92 Å². The number of nitrogens with two attached hydrogens (primary N) is 1. The number of nitrogen functional groups attached to an aromatic ring is 1. The van der Waals surface area contributed by atoms with Crippen LogP contribution in [0.5, 0.6) is 5.75 Å². The van der Waals surface area contributed by atoms with Gasteiger partial charge in [0.25, 0.3) is 0 Å². The fourth-order valence-electron chi connectivity index (χ4n) is 1.08. The third-order valence-electron chi connectivity index (χ3n) is 1.80. The SMILES string of the molecule is Cc1cc(O)c(N)cc1C(=O)CCl. The first-order valence-corrected chi connectivity index (χ1v) is 4.28. The average molecular weight is 200 g/mol. The van der Waals surface area contributed by atoms with Crippen molar-refractivity contribution in [1.82, 2.24) is 0 Å². The van der Waals surface area contributed by atoms with Crippen LogP contribution in [0.2, 0.25) is 0 Å². The summed E-state index contributed by atoms with van der Waals surface area (Å²) < 4.78 is 0. The molecule has 0 aliphatic heterocycles. The van der Waals surface area contributed by atoms with Gasteiger partial charge in [-0.25, -0.2) is 0 Å². The summed E-state index contributed by atoms with van der Waals surface area (Å²) in [5.41, 5.74) is 6.77. The predicted molar refractivity (Wildman–Crippen MR) is 52.3 cm³/mol. The lowest BCUT2D eigenvalue weighted by molar-refractivity contribution is 0.102. The molecule has 1 aromatic carbocycles. The lowest BCUT2D eigenvalue weighted by atomic mass is 10.0. The van der Waals surface area contributed by atoms with E-state index in [4.69, 9.17) is 17.3 Å². The maximum atomic E-state index is 11.2. The number of phenols is 1. The second-order valence-corrected chi connectivity index (χ2v) is 3.05. The molecule has 0 saturated heterocycles. The highest BCUT2D eigenvalue weighted by Crippen LogP contribution is 2.24. The number of anilines is 1. The number of rotatable bonds is 2. The van der Waals surface area contributed by atoms with Gasteiger partial charge in [0.1, 0.15) is 5.75 Å². The van der Waals surface area contributed by atoms with E-state index in [2.05, 4.69) is 0 Å². The van der Waals surface area contributed by atoms with E-state index < -0.39 is 0 Å². The zero-order chi connectivity index (χ0) is 10.0. The molecule has 0 radical (unpaired) electrons. The van der Waals surface area contributed by atoms with Gasteiger partial charge in [-0.05, 0) is 24.6 Å². The molecule has 0 spiro atoms. The molecule has 0 aliphatic carbocycles. The third kappa shape index (κ3) is 1.92. The first-order valence-electron chi connectivity index (χ1n) is 3.74. The van der Waals surface area contributed by atoms with Crippen molar-refractivity contribution in [1.29, 1.82) is 0 Å². The zero-order valence-corrected chi connectivity index (χ0v) is 7.93. The number of aromatic hydroxyl groups is 1. The number of Topliss-reactive ketones (excluding diaryl/α,β-unsaturated/α-hetero) is 1. The Morgan fingerprint density at radius 1 is 1.62 bits per heavy atom. The largest absolute Gasteiger partial charge is 0.506 e. The predicted octanol–water partition coefficient (Wildman–Crippen LogP) is 1.70. The molecule has 3 N–H and O–H groups in total. The molecule has 1 aromatic rings. The Labute approximate surface area is 81.1 Å². The number of carbonyl (C=O) groups is 1. The molecular formula is C9H10ClNO2. The monoisotopic (exact) mass is 199 g/mol. The van der Waals surface area contributed by atoms with Gasteiger partial charge in [0.2, 0.25) is 0 Å². The molecule has 0 atom stereocenters. The highest BCUT2D eigenvalue weighted by Gasteiger charge is 2.10. The van der Waals surface area contributed by atoms with E-state index in [0.717, 1.165) is 0 Å².